The van der Waals surface area contributed by atoms with E-state index in [9.17, 15) is 14.0 Å². The average molecular weight is 461 g/mol. The van der Waals surface area contributed by atoms with Gasteiger partial charge in [0.2, 0.25) is 5.76 Å². The van der Waals surface area contributed by atoms with Crippen molar-refractivity contribution in [3.8, 4) is 11.5 Å². The number of carbonyl (C=O) groups is 1. The minimum absolute atomic E-state index is 0.0642. The third-order valence-electron chi connectivity index (χ3n) is 5.69. The minimum atomic E-state index is -0.807. The van der Waals surface area contributed by atoms with Gasteiger partial charge in [-0.05, 0) is 48.0 Å². The molecule has 5 rings (SSSR count). The van der Waals surface area contributed by atoms with Gasteiger partial charge in [0, 0.05) is 0 Å². The molecule has 2 aromatic carbocycles. The van der Waals surface area contributed by atoms with E-state index >= 15 is 0 Å². The second-order valence-electron chi connectivity index (χ2n) is 7.74. The number of halogens is 1. The highest BCUT2D eigenvalue weighted by atomic mass is 19.1. The number of furan rings is 1. The Bertz CT molecular complexity index is 1460. The van der Waals surface area contributed by atoms with Crippen LogP contribution in [0.1, 0.15) is 33.5 Å². The molecule has 0 saturated heterocycles. The lowest BCUT2D eigenvalue weighted by Gasteiger charge is -2.25. The van der Waals surface area contributed by atoms with E-state index in [1.807, 2.05) is 0 Å². The number of methoxy groups -OCH3 is 1. The van der Waals surface area contributed by atoms with Gasteiger partial charge in [-0.25, -0.2) is 4.39 Å². The van der Waals surface area contributed by atoms with E-state index in [-0.39, 0.29) is 35.4 Å². The first-order valence-corrected chi connectivity index (χ1v) is 10.5. The van der Waals surface area contributed by atoms with Gasteiger partial charge in [-0.15, -0.1) is 0 Å². The van der Waals surface area contributed by atoms with Crippen LogP contribution in [0.2, 0.25) is 0 Å². The largest absolute Gasteiger partial charge is 0.493 e. The molecule has 2 aromatic heterocycles. The van der Waals surface area contributed by atoms with Crippen molar-refractivity contribution in [3.05, 3.63) is 106 Å². The Labute approximate surface area is 193 Å². The van der Waals surface area contributed by atoms with Crippen LogP contribution in [0.3, 0.4) is 0 Å². The molecule has 0 radical (unpaired) electrons. The minimum Gasteiger partial charge on any atom is -0.493 e. The SMILES string of the molecule is C=CCOc1ccc(C2c3c(oc4ccc(F)cc4c3=O)C(=O)N2Cc2ccco2)cc1OC. The number of hydrogen-bond donors (Lipinski definition) is 0. The topological polar surface area (TPSA) is 82.1 Å². The normalized spacial score (nSPS) is 14.9. The summed E-state index contributed by atoms with van der Waals surface area (Å²) in [5, 5.41) is 0.0642. The number of carbonyl (C=O) groups excluding carboxylic acids is 1. The molecule has 7 nitrogen and oxygen atoms in total. The van der Waals surface area contributed by atoms with Crippen molar-refractivity contribution in [1.82, 2.24) is 4.90 Å². The van der Waals surface area contributed by atoms with Crippen LogP contribution in [0.15, 0.2) is 81.1 Å². The van der Waals surface area contributed by atoms with E-state index < -0.39 is 23.2 Å². The van der Waals surface area contributed by atoms with E-state index in [4.69, 9.17) is 18.3 Å². The van der Waals surface area contributed by atoms with Gasteiger partial charge in [-0.3, -0.25) is 9.59 Å². The van der Waals surface area contributed by atoms with Crippen molar-refractivity contribution in [3.63, 3.8) is 0 Å². The first-order chi connectivity index (χ1) is 16.5. The number of nitrogens with zero attached hydrogens (tertiary/aromatic N) is 1. The van der Waals surface area contributed by atoms with Crippen molar-refractivity contribution in [2.45, 2.75) is 12.6 Å². The fraction of sp³-hybridized carbons (Fsp3) is 0.154. The Morgan fingerprint density at radius 1 is 1.15 bits per heavy atom. The van der Waals surface area contributed by atoms with Gasteiger partial charge < -0.3 is 23.2 Å². The highest BCUT2D eigenvalue weighted by Crippen LogP contribution is 2.41. The summed E-state index contributed by atoms with van der Waals surface area (Å²) in [6.45, 7) is 4.02. The van der Waals surface area contributed by atoms with Crippen LogP contribution in [0.4, 0.5) is 4.39 Å². The third-order valence-corrected chi connectivity index (χ3v) is 5.69. The smallest absolute Gasteiger partial charge is 0.291 e. The highest BCUT2D eigenvalue weighted by Gasteiger charge is 2.43. The number of ether oxygens (including phenoxy) is 2. The maximum Gasteiger partial charge on any atom is 0.291 e. The molecule has 1 aliphatic rings. The Morgan fingerprint density at radius 3 is 2.74 bits per heavy atom. The first-order valence-electron chi connectivity index (χ1n) is 10.5. The van der Waals surface area contributed by atoms with Crippen molar-refractivity contribution < 1.29 is 27.5 Å². The zero-order valence-electron chi connectivity index (χ0n) is 18.2. The van der Waals surface area contributed by atoms with E-state index in [1.54, 1.807) is 36.4 Å². The molecule has 1 aliphatic heterocycles. The first kappa shape index (κ1) is 21.5. The van der Waals surface area contributed by atoms with E-state index in [0.717, 1.165) is 6.07 Å². The molecule has 0 bridgehead atoms. The van der Waals surface area contributed by atoms with Gasteiger partial charge in [0.25, 0.3) is 5.91 Å². The zero-order chi connectivity index (χ0) is 23.8. The molecular weight excluding hydrogens is 441 g/mol. The van der Waals surface area contributed by atoms with Crippen molar-refractivity contribution in [1.29, 1.82) is 0 Å². The average Bonchev–Trinajstić information content (AvgIpc) is 3.45. The molecule has 1 atom stereocenters. The molecule has 3 heterocycles. The van der Waals surface area contributed by atoms with Gasteiger partial charge in [-0.2, -0.15) is 0 Å². The Kier molecular flexibility index (Phi) is 5.41. The molecule has 4 aromatic rings. The summed E-state index contributed by atoms with van der Waals surface area (Å²) in [5.41, 5.74) is 0.408. The van der Waals surface area contributed by atoms with Crippen LogP contribution in [0.5, 0.6) is 11.5 Å². The Hall–Kier alpha value is -4.33. The summed E-state index contributed by atoms with van der Waals surface area (Å²) in [4.78, 5) is 28.4. The number of benzene rings is 2. The van der Waals surface area contributed by atoms with Crippen molar-refractivity contribution >= 4 is 16.9 Å². The van der Waals surface area contributed by atoms with Gasteiger partial charge in [0.15, 0.2) is 16.9 Å². The fourth-order valence-corrected chi connectivity index (χ4v) is 4.19. The molecule has 1 unspecified atom stereocenters. The quantitative estimate of drug-likeness (QED) is 0.366. The Balaban J connectivity index is 1.70. The van der Waals surface area contributed by atoms with Crippen LogP contribution >= 0.6 is 0 Å². The summed E-state index contributed by atoms with van der Waals surface area (Å²) < 4.78 is 36.3. The van der Waals surface area contributed by atoms with Crippen LogP contribution in [0, 0.1) is 5.82 Å². The second kappa shape index (κ2) is 8.55. The summed E-state index contributed by atoms with van der Waals surface area (Å²) in [7, 11) is 1.50. The molecule has 0 spiro atoms. The van der Waals surface area contributed by atoms with E-state index in [1.165, 1.54) is 30.4 Å². The van der Waals surface area contributed by atoms with Crippen molar-refractivity contribution in [2.24, 2.45) is 0 Å². The number of fused-ring (bicyclic) bond motifs is 2. The van der Waals surface area contributed by atoms with E-state index in [2.05, 4.69) is 6.58 Å². The molecule has 34 heavy (non-hydrogen) atoms. The number of hydrogen-bond acceptors (Lipinski definition) is 6. The molecule has 172 valence electrons. The lowest BCUT2D eigenvalue weighted by molar-refractivity contribution is 0.0701. The maximum atomic E-state index is 13.9. The zero-order valence-corrected chi connectivity index (χ0v) is 18.2. The van der Waals surface area contributed by atoms with Crippen LogP contribution in [-0.4, -0.2) is 24.5 Å². The molecule has 0 aliphatic carbocycles. The van der Waals surface area contributed by atoms with Crippen LogP contribution in [0.25, 0.3) is 11.0 Å². The predicted molar refractivity (Wildman–Crippen MR) is 122 cm³/mol. The lowest BCUT2D eigenvalue weighted by atomic mass is 9.98. The molecular formula is C26H20FNO6. The maximum absolute atomic E-state index is 13.9. The van der Waals surface area contributed by atoms with E-state index in [0.29, 0.717) is 22.8 Å². The fourth-order valence-electron chi connectivity index (χ4n) is 4.19. The molecule has 8 heteroatoms. The summed E-state index contributed by atoms with van der Waals surface area (Å²) in [5.74, 6) is 0.332. The summed E-state index contributed by atoms with van der Waals surface area (Å²) >= 11 is 0. The summed E-state index contributed by atoms with van der Waals surface area (Å²) in [6, 6.07) is 11.4. The number of rotatable bonds is 7. The van der Waals surface area contributed by atoms with Gasteiger partial charge in [0.1, 0.15) is 23.8 Å². The number of amides is 1. The summed E-state index contributed by atoms with van der Waals surface area (Å²) in [6.07, 6.45) is 3.12. The molecule has 1 amide bonds. The predicted octanol–water partition coefficient (Wildman–Crippen LogP) is 4.84. The lowest BCUT2D eigenvalue weighted by Crippen LogP contribution is -2.29. The van der Waals surface area contributed by atoms with Gasteiger partial charge >= 0.3 is 0 Å². The highest BCUT2D eigenvalue weighted by molar-refractivity contribution is 5.99. The van der Waals surface area contributed by atoms with Crippen LogP contribution < -0.4 is 14.9 Å². The van der Waals surface area contributed by atoms with Crippen LogP contribution in [-0.2, 0) is 6.54 Å². The van der Waals surface area contributed by atoms with Gasteiger partial charge in [0.05, 0.1) is 36.9 Å². The van der Waals surface area contributed by atoms with Crippen molar-refractivity contribution in [2.75, 3.05) is 13.7 Å². The molecule has 0 fully saturated rings. The molecule has 0 N–H and O–H groups in total. The van der Waals surface area contributed by atoms with Gasteiger partial charge in [-0.1, -0.05) is 18.7 Å². The molecule has 0 saturated carbocycles. The standard InChI is InChI=1S/C26H20FNO6/c1-3-10-33-20-8-6-15(12-21(20)31-2)23-22-24(29)18-13-16(27)7-9-19(18)34-25(22)26(30)28(23)14-17-5-4-11-32-17/h3-9,11-13,23H,1,10,14H2,2H3. The second-order valence-corrected chi connectivity index (χ2v) is 7.74. The Morgan fingerprint density at radius 2 is 2.00 bits per heavy atom. The monoisotopic (exact) mass is 461 g/mol. The third kappa shape index (κ3) is 3.53.